The quantitative estimate of drug-likeness (QED) is 0.818. The highest BCUT2D eigenvalue weighted by Gasteiger charge is 2.12. The van der Waals surface area contributed by atoms with Crippen molar-refractivity contribution in [3.05, 3.63) is 48.8 Å². The number of anilines is 2. The molecule has 94 valence electrons. The molecule has 1 heterocycles. The van der Waals surface area contributed by atoms with Crippen LogP contribution in [0, 0.1) is 0 Å². The summed E-state index contributed by atoms with van der Waals surface area (Å²) in [4.78, 5) is 6.33. The van der Waals surface area contributed by atoms with Crippen LogP contribution >= 0.6 is 0 Å². The predicted octanol–water partition coefficient (Wildman–Crippen LogP) is 3.64. The molecule has 3 heteroatoms. The van der Waals surface area contributed by atoms with Crippen molar-refractivity contribution >= 4 is 11.4 Å². The lowest BCUT2D eigenvalue weighted by atomic mass is 10.2. The van der Waals surface area contributed by atoms with Gasteiger partial charge in [-0.15, -0.1) is 0 Å². The number of aromatic nitrogens is 1. The van der Waals surface area contributed by atoms with Gasteiger partial charge in [-0.05, 0) is 50.2 Å². The van der Waals surface area contributed by atoms with Gasteiger partial charge in [0.1, 0.15) is 5.75 Å². The minimum absolute atomic E-state index is 0.376. The van der Waals surface area contributed by atoms with Gasteiger partial charge >= 0.3 is 0 Å². The lowest BCUT2D eigenvalue weighted by Crippen LogP contribution is -2.25. The van der Waals surface area contributed by atoms with Crippen LogP contribution in [0.15, 0.2) is 48.8 Å². The Bertz CT molecular complexity index is 480. The Labute approximate surface area is 108 Å². The molecule has 0 aliphatic rings. The van der Waals surface area contributed by atoms with Gasteiger partial charge in [0.05, 0.1) is 7.11 Å². The van der Waals surface area contributed by atoms with E-state index >= 15 is 0 Å². The van der Waals surface area contributed by atoms with E-state index in [0.717, 1.165) is 17.1 Å². The Kier molecular flexibility index (Phi) is 3.82. The molecule has 0 radical (unpaired) electrons. The maximum atomic E-state index is 5.19. The second kappa shape index (κ2) is 5.54. The summed E-state index contributed by atoms with van der Waals surface area (Å²) in [6, 6.07) is 12.5. The van der Waals surface area contributed by atoms with Crippen molar-refractivity contribution in [1.82, 2.24) is 4.98 Å². The third kappa shape index (κ3) is 2.62. The standard InChI is InChI=1S/C15H18N2O/c1-12(2)17(14-8-10-16-11-9-14)13-4-6-15(18-3)7-5-13/h4-12H,1-3H3. The Morgan fingerprint density at radius 2 is 1.50 bits per heavy atom. The monoisotopic (exact) mass is 242 g/mol. The number of methoxy groups -OCH3 is 1. The van der Waals surface area contributed by atoms with Crippen LogP contribution in [0.5, 0.6) is 5.75 Å². The largest absolute Gasteiger partial charge is 0.497 e. The highest BCUT2D eigenvalue weighted by molar-refractivity contribution is 5.64. The van der Waals surface area contributed by atoms with Crippen molar-refractivity contribution in [3.8, 4) is 5.75 Å². The zero-order chi connectivity index (χ0) is 13.0. The zero-order valence-corrected chi connectivity index (χ0v) is 11.0. The van der Waals surface area contributed by atoms with Crippen LogP contribution < -0.4 is 9.64 Å². The molecule has 2 rings (SSSR count). The molecular formula is C15H18N2O. The molecule has 0 aliphatic heterocycles. The SMILES string of the molecule is COc1ccc(N(c2ccncc2)C(C)C)cc1. The van der Waals surface area contributed by atoms with Gasteiger partial charge in [0.25, 0.3) is 0 Å². The van der Waals surface area contributed by atoms with Gasteiger partial charge < -0.3 is 9.64 Å². The van der Waals surface area contributed by atoms with E-state index in [1.807, 2.05) is 36.7 Å². The summed E-state index contributed by atoms with van der Waals surface area (Å²) in [5.41, 5.74) is 2.29. The van der Waals surface area contributed by atoms with Crippen LogP contribution in [0.3, 0.4) is 0 Å². The van der Waals surface area contributed by atoms with Gasteiger partial charge in [-0.3, -0.25) is 4.98 Å². The molecule has 1 aromatic heterocycles. The molecule has 0 N–H and O–H groups in total. The maximum absolute atomic E-state index is 5.19. The number of hydrogen-bond donors (Lipinski definition) is 0. The molecule has 0 spiro atoms. The Hall–Kier alpha value is -2.03. The first-order chi connectivity index (χ1) is 8.72. The van der Waals surface area contributed by atoms with E-state index in [2.05, 4.69) is 35.9 Å². The third-order valence-electron chi connectivity index (χ3n) is 2.81. The van der Waals surface area contributed by atoms with E-state index in [1.54, 1.807) is 7.11 Å². The van der Waals surface area contributed by atoms with Crippen molar-refractivity contribution in [3.63, 3.8) is 0 Å². The molecular weight excluding hydrogens is 224 g/mol. The minimum atomic E-state index is 0.376. The Balaban J connectivity index is 2.36. The first-order valence-corrected chi connectivity index (χ1v) is 6.05. The average Bonchev–Trinajstić information content (AvgIpc) is 2.40. The topological polar surface area (TPSA) is 25.4 Å². The number of rotatable bonds is 4. The molecule has 3 nitrogen and oxygen atoms in total. The van der Waals surface area contributed by atoms with Crippen LogP contribution in [-0.2, 0) is 0 Å². The number of benzene rings is 1. The molecule has 0 fully saturated rings. The maximum Gasteiger partial charge on any atom is 0.119 e. The van der Waals surface area contributed by atoms with E-state index in [-0.39, 0.29) is 0 Å². The zero-order valence-electron chi connectivity index (χ0n) is 11.0. The predicted molar refractivity (Wildman–Crippen MR) is 74.5 cm³/mol. The molecule has 2 aromatic rings. The van der Waals surface area contributed by atoms with Crippen LogP contribution in [0.4, 0.5) is 11.4 Å². The van der Waals surface area contributed by atoms with Crippen LogP contribution in [-0.4, -0.2) is 18.1 Å². The molecule has 0 atom stereocenters. The molecule has 1 aromatic carbocycles. The number of ether oxygens (including phenoxy) is 1. The molecule has 18 heavy (non-hydrogen) atoms. The highest BCUT2D eigenvalue weighted by atomic mass is 16.5. The second-order valence-corrected chi connectivity index (χ2v) is 4.37. The Morgan fingerprint density at radius 1 is 0.944 bits per heavy atom. The molecule has 0 unspecified atom stereocenters. The first kappa shape index (κ1) is 12.4. The highest BCUT2D eigenvalue weighted by Crippen LogP contribution is 2.28. The van der Waals surface area contributed by atoms with Crippen LogP contribution in [0.1, 0.15) is 13.8 Å². The van der Waals surface area contributed by atoms with Gasteiger partial charge in [0.2, 0.25) is 0 Å². The normalized spacial score (nSPS) is 10.4. The first-order valence-electron chi connectivity index (χ1n) is 6.05. The van der Waals surface area contributed by atoms with Gasteiger partial charge in [0.15, 0.2) is 0 Å². The molecule has 0 bridgehead atoms. The summed E-state index contributed by atoms with van der Waals surface area (Å²) in [6.45, 7) is 4.34. The van der Waals surface area contributed by atoms with Crippen LogP contribution in [0.25, 0.3) is 0 Å². The van der Waals surface area contributed by atoms with Gasteiger partial charge in [-0.2, -0.15) is 0 Å². The van der Waals surface area contributed by atoms with E-state index in [4.69, 9.17) is 4.74 Å². The molecule has 0 aliphatic carbocycles. The summed E-state index contributed by atoms with van der Waals surface area (Å²) in [5.74, 6) is 0.872. The van der Waals surface area contributed by atoms with Crippen molar-refractivity contribution in [1.29, 1.82) is 0 Å². The summed E-state index contributed by atoms with van der Waals surface area (Å²) in [6.07, 6.45) is 3.63. The van der Waals surface area contributed by atoms with Gasteiger partial charge in [-0.1, -0.05) is 0 Å². The van der Waals surface area contributed by atoms with Crippen molar-refractivity contribution in [2.45, 2.75) is 19.9 Å². The number of hydrogen-bond acceptors (Lipinski definition) is 3. The van der Waals surface area contributed by atoms with Crippen LogP contribution in [0.2, 0.25) is 0 Å². The fraction of sp³-hybridized carbons (Fsp3) is 0.267. The lowest BCUT2D eigenvalue weighted by molar-refractivity contribution is 0.415. The number of pyridine rings is 1. The minimum Gasteiger partial charge on any atom is -0.497 e. The van der Waals surface area contributed by atoms with Gasteiger partial charge in [-0.25, -0.2) is 0 Å². The lowest BCUT2D eigenvalue weighted by Gasteiger charge is -2.29. The fourth-order valence-corrected chi connectivity index (χ4v) is 1.99. The van der Waals surface area contributed by atoms with Crippen molar-refractivity contribution in [2.75, 3.05) is 12.0 Å². The third-order valence-corrected chi connectivity index (χ3v) is 2.81. The number of nitrogens with zero attached hydrogens (tertiary/aromatic N) is 2. The van der Waals surface area contributed by atoms with E-state index in [9.17, 15) is 0 Å². The van der Waals surface area contributed by atoms with Crippen molar-refractivity contribution in [2.24, 2.45) is 0 Å². The summed E-state index contributed by atoms with van der Waals surface area (Å²) < 4.78 is 5.19. The average molecular weight is 242 g/mol. The van der Waals surface area contributed by atoms with E-state index in [0.29, 0.717) is 6.04 Å². The van der Waals surface area contributed by atoms with E-state index < -0.39 is 0 Å². The molecule has 0 saturated carbocycles. The summed E-state index contributed by atoms with van der Waals surface area (Å²) in [5, 5.41) is 0. The van der Waals surface area contributed by atoms with Crippen molar-refractivity contribution < 1.29 is 4.74 Å². The molecule has 0 amide bonds. The summed E-state index contributed by atoms with van der Waals surface area (Å²) in [7, 11) is 1.68. The second-order valence-electron chi connectivity index (χ2n) is 4.37. The van der Waals surface area contributed by atoms with Gasteiger partial charge in [0, 0.05) is 29.8 Å². The summed E-state index contributed by atoms with van der Waals surface area (Å²) >= 11 is 0. The Morgan fingerprint density at radius 3 is 2.00 bits per heavy atom. The fourth-order valence-electron chi connectivity index (χ4n) is 1.99. The van der Waals surface area contributed by atoms with E-state index in [1.165, 1.54) is 0 Å². The smallest absolute Gasteiger partial charge is 0.119 e. The molecule has 0 saturated heterocycles.